The number of nitrogens with zero attached hydrogens (tertiary/aromatic N) is 4. The first-order valence-electron chi connectivity index (χ1n) is 8.44. The van der Waals surface area contributed by atoms with Crippen LogP contribution in [0.3, 0.4) is 0 Å². The van der Waals surface area contributed by atoms with E-state index >= 15 is 0 Å². The first-order chi connectivity index (χ1) is 13.3. The molecule has 0 amide bonds. The van der Waals surface area contributed by atoms with Gasteiger partial charge in [-0.15, -0.1) is 0 Å². The van der Waals surface area contributed by atoms with Crippen molar-refractivity contribution in [1.29, 1.82) is 0 Å². The summed E-state index contributed by atoms with van der Waals surface area (Å²) in [5.41, 5.74) is 6.48. The van der Waals surface area contributed by atoms with Gasteiger partial charge in [-0.1, -0.05) is 0 Å². The fourth-order valence-electron chi connectivity index (χ4n) is 3.19. The van der Waals surface area contributed by atoms with Gasteiger partial charge in [0.2, 0.25) is 5.58 Å². The molecule has 0 aliphatic heterocycles. The Hall–Kier alpha value is -4.00. The summed E-state index contributed by atoms with van der Waals surface area (Å²) in [6.45, 7) is 0. The maximum atomic E-state index is 6.03. The van der Waals surface area contributed by atoms with Gasteiger partial charge in [0.15, 0.2) is 11.1 Å². The molecule has 0 fully saturated rings. The van der Waals surface area contributed by atoms with E-state index in [1.807, 2.05) is 48.8 Å². The summed E-state index contributed by atoms with van der Waals surface area (Å²) in [4.78, 5) is 16.4. The maximum Gasteiger partial charge on any atom is 0.280 e. The van der Waals surface area contributed by atoms with Gasteiger partial charge >= 0.3 is 0 Å². The largest absolute Gasteiger partial charge is 0.454 e. The van der Waals surface area contributed by atoms with Gasteiger partial charge in [-0.05, 0) is 24.3 Å². The number of fused-ring (bicyclic) bond motifs is 3. The number of pyridine rings is 3. The molecule has 0 bridgehead atoms. The highest BCUT2D eigenvalue weighted by molar-refractivity contribution is 5.84. The minimum Gasteiger partial charge on any atom is -0.454 e. The van der Waals surface area contributed by atoms with Crippen LogP contribution in [-0.4, -0.2) is 19.9 Å². The average Bonchev–Trinajstić information content (AvgIpc) is 3.42. The van der Waals surface area contributed by atoms with Gasteiger partial charge in [0.05, 0.1) is 17.1 Å². The van der Waals surface area contributed by atoms with Crippen LogP contribution < -0.4 is 4.74 Å². The smallest absolute Gasteiger partial charge is 0.280 e. The number of hydrogen-bond donors (Lipinski definition) is 1. The number of aromatic nitrogens is 5. The molecule has 0 aromatic carbocycles. The normalized spacial score (nSPS) is 11.7. The van der Waals surface area contributed by atoms with Crippen LogP contribution in [0.2, 0.25) is 0 Å². The van der Waals surface area contributed by atoms with Crippen LogP contribution in [0.1, 0.15) is 0 Å². The van der Waals surface area contributed by atoms with Gasteiger partial charge in [-0.3, -0.25) is 4.98 Å². The van der Waals surface area contributed by atoms with Gasteiger partial charge in [-0.25, -0.2) is 14.5 Å². The predicted octanol–water partition coefficient (Wildman–Crippen LogP) is 3.79. The first kappa shape index (κ1) is 14.2. The van der Waals surface area contributed by atoms with Crippen molar-refractivity contribution in [3.8, 4) is 17.0 Å². The second-order valence-electron chi connectivity index (χ2n) is 6.25. The SMILES string of the molecule is c1cnc2c[n+](-c3cnc4cc(-c5cnc6cc[nH]c6c5)oc4c3)oc2c1. The fraction of sp³-hybridized carbons (Fsp3) is 0. The van der Waals surface area contributed by atoms with Crippen molar-refractivity contribution in [3.05, 3.63) is 67.4 Å². The van der Waals surface area contributed by atoms with Crippen LogP contribution in [-0.2, 0) is 0 Å². The van der Waals surface area contributed by atoms with E-state index in [0.717, 1.165) is 39.1 Å². The minimum atomic E-state index is 0.676. The Kier molecular flexibility index (Phi) is 2.76. The standard InChI is InChI=1S/C20H12N5O2/c1-2-18-17(21-4-1)11-25(27-18)13-7-20-16(24-10-13)8-19(26-20)12-6-15-14(23-9-12)3-5-22-15/h1-11,22H/q+1. The first-order valence-corrected chi connectivity index (χ1v) is 8.44. The number of H-pyrrole nitrogens is 1. The van der Waals surface area contributed by atoms with E-state index in [9.17, 15) is 0 Å². The molecular formula is C20H12N5O2+. The van der Waals surface area contributed by atoms with Crippen LogP contribution in [0.25, 0.3) is 50.2 Å². The van der Waals surface area contributed by atoms with Crippen molar-refractivity contribution >= 4 is 33.2 Å². The number of aromatic amines is 1. The predicted molar refractivity (Wildman–Crippen MR) is 98.2 cm³/mol. The highest BCUT2D eigenvalue weighted by Gasteiger charge is 2.18. The molecule has 6 aromatic rings. The third kappa shape index (κ3) is 2.22. The van der Waals surface area contributed by atoms with Crippen molar-refractivity contribution in [1.82, 2.24) is 19.9 Å². The lowest BCUT2D eigenvalue weighted by Crippen LogP contribution is -2.26. The minimum absolute atomic E-state index is 0.676. The molecule has 7 nitrogen and oxygen atoms in total. The molecule has 6 heterocycles. The topological polar surface area (TPSA) is 84.6 Å². The second kappa shape index (κ2) is 5.25. The molecule has 128 valence electrons. The molecule has 0 atom stereocenters. The zero-order valence-electron chi connectivity index (χ0n) is 14.0. The Balaban J connectivity index is 1.46. The highest BCUT2D eigenvalue weighted by atomic mass is 16.5. The van der Waals surface area contributed by atoms with E-state index in [2.05, 4.69) is 19.9 Å². The van der Waals surface area contributed by atoms with E-state index in [1.54, 1.807) is 23.3 Å². The average molecular weight is 354 g/mol. The highest BCUT2D eigenvalue weighted by Crippen LogP contribution is 2.28. The maximum absolute atomic E-state index is 6.03. The molecule has 0 radical (unpaired) electrons. The van der Waals surface area contributed by atoms with Crippen LogP contribution in [0, 0.1) is 0 Å². The Bertz CT molecular complexity index is 1410. The van der Waals surface area contributed by atoms with E-state index in [0.29, 0.717) is 11.2 Å². The molecule has 0 saturated carbocycles. The van der Waals surface area contributed by atoms with Crippen LogP contribution in [0.15, 0.2) is 76.3 Å². The van der Waals surface area contributed by atoms with Crippen LogP contribution >= 0.6 is 0 Å². The van der Waals surface area contributed by atoms with Gasteiger partial charge in [0.1, 0.15) is 17.5 Å². The van der Waals surface area contributed by atoms with Crippen molar-refractivity contribution < 1.29 is 13.7 Å². The summed E-state index contributed by atoms with van der Waals surface area (Å²) in [6.07, 6.45) is 8.97. The van der Waals surface area contributed by atoms with Crippen molar-refractivity contribution in [2.75, 3.05) is 0 Å². The lowest BCUT2D eigenvalue weighted by molar-refractivity contribution is -0.780. The molecule has 1 N–H and O–H groups in total. The molecule has 0 unspecified atom stereocenters. The molecule has 6 rings (SSSR count). The number of nitrogens with one attached hydrogen (secondary N) is 1. The molecular weight excluding hydrogens is 342 g/mol. The molecule has 0 aliphatic carbocycles. The third-order valence-corrected chi connectivity index (χ3v) is 4.53. The number of hydrogen-bond acceptors (Lipinski definition) is 5. The van der Waals surface area contributed by atoms with E-state index in [-0.39, 0.29) is 0 Å². The summed E-state index contributed by atoms with van der Waals surface area (Å²) in [5, 5.41) is 0. The number of furan rings is 1. The van der Waals surface area contributed by atoms with E-state index in [1.165, 1.54) is 0 Å². The van der Waals surface area contributed by atoms with Crippen molar-refractivity contribution in [2.45, 2.75) is 0 Å². The van der Waals surface area contributed by atoms with Gasteiger partial charge in [0.25, 0.3) is 11.9 Å². The van der Waals surface area contributed by atoms with Crippen LogP contribution in [0.5, 0.6) is 0 Å². The molecule has 0 saturated heterocycles. The zero-order valence-corrected chi connectivity index (χ0v) is 14.0. The lowest BCUT2D eigenvalue weighted by atomic mass is 10.2. The molecule has 7 heteroatoms. The zero-order chi connectivity index (χ0) is 17.8. The summed E-state index contributed by atoms with van der Waals surface area (Å²) < 4.78 is 13.5. The fourth-order valence-corrected chi connectivity index (χ4v) is 3.19. The monoisotopic (exact) mass is 354 g/mol. The quantitative estimate of drug-likeness (QED) is 0.478. The Morgan fingerprint density at radius 3 is 2.81 bits per heavy atom. The van der Waals surface area contributed by atoms with Crippen molar-refractivity contribution in [2.24, 2.45) is 0 Å². The van der Waals surface area contributed by atoms with Gasteiger partial charge in [0, 0.05) is 35.0 Å². The Morgan fingerprint density at radius 1 is 0.889 bits per heavy atom. The van der Waals surface area contributed by atoms with Crippen LogP contribution in [0.4, 0.5) is 0 Å². The Morgan fingerprint density at radius 2 is 1.85 bits per heavy atom. The summed E-state index contributed by atoms with van der Waals surface area (Å²) >= 11 is 0. The molecule has 27 heavy (non-hydrogen) atoms. The second-order valence-corrected chi connectivity index (χ2v) is 6.25. The van der Waals surface area contributed by atoms with Gasteiger partial charge in [-0.2, -0.15) is 0 Å². The Labute approximate surface area is 151 Å². The van der Waals surface area contributed by atoms with Gasteiger partial charge < -0.3 is 9.40 Å². The van der Waals surface area contributed by atoms with Crippen molar-refractivity contribution in [3.63, 3.8) is 0 Å². The molecule has 0 spiro atoms. The third-order valence-electron chi connectivity index (χ3n) is 4.53. The summed E-state index contributed by atoms with van der Waals surface area (Å²) in [6, 6.07) is 11.5. The summed E-state index contributed by atoms with van der Waals surface area (Å²) in [5.74, 6) is 0.718. The summed E-state index contributed by atoms with van der Waals surface area (Å²) in [7, 11) is 0. The molecule has 0 aliphatic rings. The molecule has 6 aromatic heterocycles. The van der Waals surface area contributed by atoms with E-state index in [4.69, 9.17) is 8.94 Å². The lowest BCUT2D eigenvalue weighted by Gasteiger charge is -1.96. The van der Waals surface area contributed by atoms with E-state index < -0.39 is 0 Å². The number of rotatable bonds is 2.